The Bertz CT molecular complexity index is 990. The van der Waals surface area contributed by atoms with Gasteiger partial charge in [0.25, 0.3) is 0 Å². The van der Waals surface area contributed by atoms with E-state index < -0.39 is 11.1 Å². The van der Waals surface area contributed by atoms with Gasteiger partial charge in [-0.25, -0.2) is 0 Å². The quantitative estimate of drug-likeness (QED) is 0.528. The molecule has 0 bridgehead atoms. The molecular formula is C18H12NO3S2-. The van der Waals surface area contributed by atoms with E-state index in [1.165, 1.54) is 12.1 Å². The van der Waals surface area contributed by atoms with Crippen LogP contribution in [0.5, 0.6) is 5.75 Å². The third kappa shape index (κ3) is 2.27. The molecule has 1 unspecified atom stereocenters. The summed E-state index contributed by atoms with van der Waals surface area (Å²) in [5, 5.41) is 15.7. The van der Waals surface area contributed by atoms with Gasteiger partial charge in [-0.3, -0.25) is 4.21 Å². The number of thiophene rings is 1. The minimum Gasteiger partial charge on any atom is -0.768 e. The first-order chi connectivity index (χ1) is 11.6. The topological polar surface area (TPSA) is 72.4 Å². The van der Waals surface area contributed by atoms with Crippen molar-refractivity contribution in [3.05, 3.63) is 59.3 Å². The van der Waals surface area contributed by atoms with Crippen LogP contribution in [0.25, 0.3) is 28.0 Å². The average molecular weight is 354 g/mol. The van der Waals surface area contributed by atoms with Crippen LogP contribution >= 0.6 is 11.3 Å². The molecular weight excluding hydrogens is 342 g/mol. The van der Waals surface area contributed by atoms with Crippen molar-refractivity contribution in [1.29, 1.82) is 0 Å². The summed E-state index contributed by atoms with van der Waals surface area (Å²) in [6.07, 6.45) is 0. The zero-order chi connectivity index (χ0) is 16.8. The molecule has 2 N–H and O–H groups in total. The molecule has 0 fully saturated rings. The molecule has 24 heavy (non-hydrogen) atoms. The molecule has 0 radical (unpaired) electrons. The fourth-order valence-electron chi connectivity index (χ4n) is 2.96. The van der Waals surface area contributed by atoms with E-state index in [2.05, 4.69) is 11.9 Å². The Morgan fingerprint density at radius 1 is 1.08 bits per heavy atom. The van der Waals surface area contributed by atoms with Crippen LogP contribution < -0.4 is 5.32 Å². The summed E-state index contributed by atoms with van der Waals surface area (Å²) in [5.74, 6) is 0.149. The molecule has 4 nitrogen and oxygen atoms in total. The molecule has 1 atom stereocenters. The molecule has 1 aliphatic rings. The number of hydrogen-bond acceptors (Lipinski definition) is 5. The van der Waals surface area contributed by atoms with Crippen LogP contribution in [-0.2, 0) is 11.1 Å². The van der Waals surface area contributed by atoms with Gasteiger partial charge in [-0.1, -0.05) is 18.7 Å². The number of rotatable bonds is 2. The van der Waals surface area contributed by atoms with E-state index in [0.717, 1.165) is 33.0 Å². The third-order valence-corrected chi connectivity index (χ3v) is 5.64. The lowest BCUT2D eigenvalue weighted by Gasteiger charge is -2.24. The molecule has 1 aromatic heterocycles. The molecule has 0 amide bonds. The summed E-state index contributed by atoms with van der Waals surface area (Å²) >= 11 is -0.682. The van der Waals surface area contributed by atoms with Crippen LogP contribution in [0.3, 0.4) is 0 Å². The number of aromatic hydroxyl groups is 1. The largest absolute Gasteiger partial charge is 0.768 e. The lowest BCUT2D eigenvalue weighted by atomic mass is 9.90. The minimum absolute atomic E-state index is 0.149. The number of benzene rings is 2. The Balaban J connectivity index is 1.97. The van der Waals surface area contributed by atoms with Crippen LogP contribution in [0.4, 0.5) is 5.69 Å². The fraction of sp³-hybridized carbons (Fsp3) is 0. The Kier molecular flexibility index (Phi) is 3.53. The molecule has 2 aromatic carbocycles. The highest BCUT2D eigenvalue weighted by atomic mass is 32.2. The summed E-state index contributed by atoms with van der Waals surface area (Å²) in [7, 11) is 0. The Labute approximate surface area is 145 Å². The Hall–Kier alpha value is -2.41. The molecule has 3 aromatic rings. The number of anilines is 1. The number of nitrogens with one attached hydrogen (secondary N) is 1. The number of hydrogen-bond donors (Lipinski definition) is 2. The minimum atomic E-state index is -2.27. The maximum atomic E-state index is 11.0. The zero-order valence-corrected chi connectivity index (χ0v) is 14.0. The third-order valence-electron chi connectivity index (χ3n) is 4.01. The molecule has 120 valence electrons. The van der Waals surface area contributed by atoms with Gasteiger partial charge >= 0.3 is 0 Å². The van der Waals surface area contributed by atoms with Gasteiger partial charge in [0, 0.05) is 33.0 Å². The predicted molar refractivity (Wildman–Crippen MR) is 96.7 cm³/mol. The Morgan fingerprint density at radius 2 is 1.83 bits per heavy atom. The zero-order valence-electron chi connectivity index (χ0n) is 12.4. The first-order valence-corrected chi connectivity index (χ1v) is 9.11. The molecule has 0 aliphatic carbocycles. The summed E-state index contributed by atoms with van der Waals surface area (Å²) in [6, 6.07) is 11.9. The SMILES string of the molecule is C=C1Nc2ccc(O)c(-c3ccc(S(=O)[O-])cc3)c2-c2ccsc21. The molecule has 0 saturated carbocycles. The lowest BCUT2D eigenvalue weighted by molar-refractivity contribution is 0.477. The van der Waals surface area contributed by atoms with Gasteiger partial charge in [-0.2, -0.15) is 0 Å². The Morgan fingerprint density at radius 3 is 2.54 bits per heavy atom. The van der Waals surface area contributed by atoms with Crippen molar-refractivity contribution in [3.8, 4) is 28.0 Å². The number of fused-ring (bicyclic) bond motifs is 3. The highest BCUT2D eigenvalue weighted by molar-refractivity contribution is 7.79. The van der Waals surface area contributed by atoms with Gasteiger partial charge in [-0.05, 0) is 52.4 Å². The van der Waals surface area contributed by atoms with Gasteiger partial charge in [-0.15, -0.1) is 11.3 Å². The van der Waals surface area contributed by atoms with Crippen LogP contribution in [0.1, 0.15) is 4.88 Å². The second-order valence-corrected chi connectivity index (χ2v) is 7.27. The molecule has 0 saturated heterocycles. The van der Waals surface area contributed by atoms with Crippen molar-refractivity contribution >= 4 is 33.8 Å². The van der Waals surface area contributed by atoms with E-state index in [4.69, 9.17) is 0 Å². The first kappa shape index (κ1) is 15.1. The molecule has 2 heterocycles. The highest BCUT2D eigenvalue weighted by Crippen LogP contribution is 2.50. The van der Waals surface area contributed by atoms with E-state index in [0.29, 0.717) is 5.56 Å². The van der Waals surface area contributed by atoms with Gasteiger partial charge in [0.2, 0.25) is 0 Å². The van der Waals surface area contributed by atoms with E-state index >= 15 is 0 Å². The van der Waals surface area contributed by atoms with Gasteiger partial charge in [0.15, 0.2) is 0 Å². The molecule has 0 spiro atoms. The van der Waals surface area contributed by atoms with Crippen molar-refractivity contribution in [1.82, 2.24) is 0 Å². The summed E-state index contributed by atoms with van der Waals surface area (Å²) < 4.78 is 22.1. The molecule has 4 rings (SSSR count). The first-order valence-electron chi connectivity index (χ1n) is 7.16. The summed E-state index contributed by atoms with van der Waals surface area (Å²) in [6.45, 7) is 4.05. The van der Waals surface area contributed by atoms with Crippen molar-refractivity contribution < 1.29 is 13.9 Å². The standard InChI is InChI=1S/C18H13NO3S2/c1-10-18-13(8-9-23-18)17-14(19-10)6-7-15(20)16(17)11-2-4-12(5-3-11)24(21)22/h2-9,19-20H,1H2,(H,21,22)/p-1. The maximum Gasteiger partial charge on any atom is 0.124 e. The van der Waals surface area contributed by atoms with E-state index in [1.54, 1.807) is 29.5 Å². The van der Waals surface area contributed by atoms with Crippen molar-refractivity contribution in [3.63, 3.8) is 0 Å². The normalized spacial score (nSPS) is 13.8. The smallest absolute Gasteiger partial charge is 0.124 e. The summed E-state index contributed by atoms with van der Waals surface area (Å²) in [4.78, 5) is 1.25. The van der Waals surface area contributed by atoms with Crippen LogP contribution in [0.2, 0.25) is 0 Å². The van der Waals surface area contributed by atoms with Gasteiger partial charge < -0.3 is 15.0 Å². The average Bonchev–Trinajstić information content (AvgIpc) is 3.06. The van der Waals surface area contributed by atoms with E-state index in [-0.39, 0.29) is 10.6 Å². The highest BCUT2D eigenvalue weighted by Gasteiger charge is 2.25. The lowest BCUT2D eigenvalue weighted by Crippen LogP contribution is -2.05. The molecule has 6 heteroatoms. The monoisotopic (exact) mass is 354 g/mol. The van der Waals surface area contributed by atoms with Crippen molar-refractivity contribution in [2.24, 2.45) is 0 Å². The van der Waals surface area contributed by atoms with Crippen molar-refractivity contribution in [2.45, 2.75) is 4.90 Å². The van der Waals surface area contributed by atoms with Gasteiger partial charge in [0.05, 0.1) is 4.88 Å². The second kappa shape index (κ2) is 5.59. The number of phenols is 1. The van der Waals surface area contributed by atoms with Gasteiger partial charge in [0.1, 0.15) is 5.75 Å². The van der Waals surface area contributed by atoms with Crippen LogP contribution in [0, 0.1) is 0 Å². The van der Waals surface area contributed by atoms with Crippen molar-refractivity contribution in [2.75, 3.05) is 5.32 Å². The van der Waals surface area contributed by atoms with Crippen LogP contribution in [-0.4, -0.2) is 13.9 Å². The molecule has 1 aliphatic heterocycles. The summed E-state index contributed by atoms with van der Waals surface area (Å²) in [5.41, 5.74) is 5.05. The fourth-order valence-corrected chi connectivity index (χ4v) is 4.15. The second-order valence-electron chi connectivity index (χ2n) is 5.41. The van der Waals surface area contributed by atoms with E-state index in [9.17, 15) is 13.9 Å². The van der Waals surface area contributed by atoms with E-state index in [1.807, 2.05) is 17.5 Å². The van der Waals surface area contributed by atoms with Crippen LogP contribution in [0.15, 0.2) is 59.3 Å². The predicted octanol–water partition coefficient (Wildman–Crippen LogP) is 4.42. The maximum absolute atomic E-state index is 11.0. The number of phenolic OH excluding ortho intramolecular Hbond substituents is 1.